The Morgan fingerprint density at radius 1 is 0.177 bits per heavy atom. The van der Waals surface area contributed by atoms with Crippen LogP contribution >= 0.6 is 23.8 Å². The molecule has 304 valence electrons. The molecular formula is C56H48NiO2P3+5. The van der Waals surface area contributed by atoms with Gasteiger partial charge in [-0.05, 0) is 109 Å². The van der Waals surface area contributed by atoms with E-state index in [1.54, 1.807) is 0 Å². The molecule has 0 unspecified atom stereocenters. The van der Waals surface area contributed by atoms with E-state index >= 15 is 0 Å². The van der Waals surface area contributed by atoms with Crippen LogP contribution in [0.15, 0.2) is 273 Å². The van der Waals surface area contributed by atoms with E-state index in [1.165, 1.54) is 47.7 Å². The van der Waals surface area contributed by atoms with Crippen molar-refractivity contribution in [3.05, 3.63) is 286 Å². The van der Waals surface area contributed by atoms with Crippen LogP contribution in [-0.2, 0) is 25.8 Å². The smallest absolute Gasteiger partial charge is 0.0620 e. The molecule has 9 aromatic carbocycles. The van der Waals surface area contributed by atoms with Gasteiger partial charge < -0.3 is 0 Å². The van der Waals surface area contributed by atoms with E-state index in [9.17, 15) is 0 Å². The molecular weight excluding hydrogens is 856 g/mol. The van der Waals surface area contributed by atoms with Gasteiger partial charge in [0.2, 0.25) is 0 Å². The minimum absolute atomic E-state index is 0. The van der Waals surface area contributed by atoms with Gasteiger partial charge in [0.05, 0.1) is 23.8 Å². The van der Waals surface area contributed by atoms with Crippen molar-refractivity contribution in [2.75, 3.05) is 0 Å². The third kappa shape index (κ3) is 14.7. The molecule has 0 fully saturated rings. The Bertz CT molecular complexity index is 1960. The Kier molecular flexibility index (Phi) is 22.6. The first-order chi connectivity index (χ1) is 30.3. The Hall–Kier alpha value is -5.76. The molecule has 0 atom stereocenters. The predicted molar refractivity (Wildman–Crippen MR) is 267 cm³/mol. The monoisotopic (exact) mass is 903 g/mol. The second kappa shape index (κ2) is 28.7. The van der Waals surface area contributed by atoms with Crippen molar-refractivity contribution in [1.29, 1.82) is 0 Å². The quantitative estimate of drug-likeness (QED) is 0.0600. The molecule has 0 spiro atoms. The molecule has 0 bridgehead atoms. The summed E-state index contributed by atoms with van der Waals surface area (Å²) in [5, 5.41) is 12.9. The van der Waals surface area contributed by atoms with Gasteiger partial charge in [0.1, 0.15) is 47.7 Å². The minimum atomic E-state index is -0.877. The van der Waals surface area contributed by atoms with Crippen molar-refractivity contribution in [3.8, 4) is 0 Å². The van der Waals surface area contributed by atoms with Gasteiger partial charge in [0, 0.05) is 0 Å². The van der Waals surface area contributed by atoms with Gasteiger partial charge in [-0.1, -0.05) is 164 Å². The van der Waals surface area contributed by atoms with Crippen molar-refractivity contribution in [2.24, 2.45) is 0 Å². The van der Waals surface area contributed by atoms with E-state index in [0.717, 1.165) is 0 Å². The Morgan fingerprint density at radius 2 is 0.258 bits per heavy atom. The van der Waals surface area contributed by atoms with Crippen molar-refractivity contribution in [3.63, 3.8) is 0 Å². The fourth-order valence-corrected chi connectivity index (χ4v) is 14.7. The fourth-order valence-electron chi connectivity index (χ4n) is 6.94. The van der Waals surface area contributed by atoms with Crippen LogP contribution < -0.4 is 47.7 Å². The van der Waals surface area contributed by atoms with E-state index < -0.39 is 23.8 Å². The van der Waals surface area contributed by atoms with Crippen LogP contribution in [-0.4, -0.2) is 0 Å². The van der Waals surface area contributed by atoms with Crippen molar-refractivity contribution in [2.45, 2.75) is 0 Å². The third-order valence-electron chi connectivity index (χ3n) is 9.56. The van der Waals surface area contributed by atoms with Crippen molar-refractivity contribution in [1.82, 2.24) is 0 Å². The van der Waals surface area contributed by atoms with Crippen molar-refractivity contribution < 1.29 is 25.8 Å². The first-order valence-electron chi connectivity index (χ1n) is 19.9. The van der Waals surface area contributed by atoms with Crippen LogP contribution in [0.5, 0.6) is 0 Å². The van der Waals surface area contributed by atoms with Crippen LogP contribution in [0.25, 0.3) is 0 Å². The van der Waals surface area contributed by atoms with Gasteiger partial charge >= 0.3 is 39.1 Å². The fraction of sp³-hybridized carbons (Fsp3) is 0. The summed E-state index contributed by atoms with van der Waals surface area (Å²) in [4.78, 5) is 0. The molecule has 0 saturated carbocycles. The van der Waals surface area contributed by atoms with Crippen LogP contribution in [0.4, 0.5) is 0 Å². The molecule has 0 aliphatic carbocycles. The van der Waals surface area contributed by atoms with E-state index in [0.29, 0.717) is 0 Å². The summed E-state index contributed by atoms with van der Waals surface area (Å²) in [6, 6.07) is 97.5. The Labute approximate surface area is 381 Å². The summed E-state index contributed by atoms with van der Waals surface area (Å²) >= 11 is 0. The number of hydrogen-bond donors (Lipinski definition) is 0. The molecule has 9 rings (SSSR count). The zero-order chi connectivity index (χ0) is 42.7. The third-order valence-corrected chi connectivity index (χ3v) is 17.8. The normalized spacial score (nSPS) is 9.79. The summed E-state index contributed by atoms with van der Waals surface area (Å²) < 4.78 is 15.0. The number of benzene rings is 9. The maximum atomic E-state index is 7.50. The average molecular weight is 905 g/mol. The molecule has 2 nitrogen and oxygen atoms in total. The second-order valence-corrected chi connectivity index (χ2v) is 20.9. The molecule has 0 aromatic heterocycles. The Balaban J connectivity index is 0.000000195. The van der Waals surface area contributed by atoms with E-state index in [4.69, 9.17) is 9.30 Å². The standard InChI is InChI=1S/3C18H15P.2CO.Ni/c3*1-4-10-16(11-5-1)19(17-12-6-2-7-13-17)18-14-8-3-9-15-18;2*1-2;/h3*1-15H;;;/q;;;;;+2/p+3. The van der Waals surface area contributed by atoms with Gasteiger partial charge in [-0.25, -0.2) is 0 Å². The topological polar surface area (TPSA) is 39.8 Å². The van der Waals surface area contributed by atoms with Gasteiger partial charge in [-0.2, -0.15) is 0 Å². The molecule has 0 aliphatic rings. The van der Waals surface area contributed by atoms with E-state index in [2.05, 4.69) is 286 Å². The van der Waals surface area contributed by atoms with Gasteiger partial charge in [-0.3, -0.25) is 0 Å². The largest absolute Gasteiger partial charge is 2.00 e. The van der Waals surface area contributed by atoms with E-state index in [-0.39, 0.29) is 16.5 Å². The molecule has 62 heavy (non-hydrogen) atoms. The molecule has 0 amide bonds. The minimum Gasteiger partial charge on any atom is -0.0620 e. The summed E-state index contributed by atoms with van der Waals surface area (Å²) in [6.45, 7) is 9.00. The molecule has 0 saturated heterocycles. The average Bonchev–Trinajstić information content (AvgIpc) is 3.37. The van der Waals surface area contributed by atoms with E-state index in [1.807, 2.05) is 0 Å². The predicted octanol–water partition coefficient (Wildman–Crippen LogP) is 9.45. The first-order valence-corrected chi connectivity index (χ1v) is 24.4. The van der Waals surface area contributed by atoms with Gasteiger partial charge in [0.25, 0.3) is 0 Å². The van der Waals surface area contributed by atoms with Gasteiger partial charge in [-0.15, -0.1) is 0 Å². The molecule has 0 aliphatic heterocycles. The molecule has 0 heterocycles. The first kappa shape index (κ1) is 48.9. The van der Waals surface area contributed by atoms with Gasteiger partial charge in [0.15, 0.2) is 0 Å². The van der Waals surface area contributed by atoms with Crippen LogP contribution in [0.1, 0.15) is 0 Å². The number of hydrogen-bond acceptors (Lipinski definition) is 0. The molecule has 0 radical (unpaired) electrons. The van der Waals surface area contributed by atoms with Crippen molar-refractivity contribution >= 4 is 71.5 Å². The van der Waals surface area contributed by atoms with Crippen LogP contribution in [0.2, 0.25) is 0 Å². The second-order valence-electron chi connectivity index (χ2n) is 13.4. The molecule has 0 N–H and O–H groups in total. The maximum absolute atomic E-state index is 7.50. The SMILES string of the molecule is [C-]#[O+].[C-]#[O+].[Ni+2].c1ccc([PH+](c2ccccc2)c2ccccc2)cc1.c1ccc([PH+](c2ccccc2)c2ccccc2)cc1.c1ccc([PH+](c2ccccc2)c2ccccc2)cc1. The summed E-state index contributed by atoms with van der Waals surface area (Å²) in [7, 11) is -2.63. The molecule has 9 aromatic rings. The molecule has 6 heteroatoms. The van der Waals surface area contributed by atoms with Crippen LogP contribution in [0.3, 0.4) is 0 Å². The zero-order valence-electron chi connectivity index (χ0n) is 34.1. The Morgan fingerprint density at radius 3 is 0.339 bits per heavy atom. The summed E-state index contributed by atoms with van der Waals surface area (Å²) in [5.41, 5.74) is 0. The number of rotatable bonds is 9. The summed E-state index contributed by atoms with van der Waals surface area (Å²) in [5.74, 6) is 0. The summed E-state index contributed by atoms with van der Waals surface area (Å²) in [6.07, 6.45) is 0. The van der Waals surface area contributed by atoms with Crippen LogP contribution in [0, 0.1) is 13.3 Å². The zero-order valence-corrected chi connectivity index (χ0v) is 38.1. The maximum Gasteiger partial charge on any atom is 2.00 e.